The molecular weight excluding hydrogens is 469 g/mol. The number of rotatable bonds is 10. The van der Waals surface area contributed by atoms with E-state index in [0.29, 0.717) is 17.5 Å². The van der Waals surface area contributed by atoms with E-state index < -0.39 is 16.0 Å². The molecular formula is C26H30FN3O4S. The molecule has 3 rings (SSSR count). The van der Waals surface area contributed by atoms with Gasteiger partial charge in [-0.25, -0.2) is 4.39 Å². The van der Waals surface area contributed by atoms with E-state index in [1.807, 2.05) is 31.2 Å². The predicted molar refractivity (Wildman–Crippen MR) is 135 cm³/mol. The van der Waals surface area contributed by atoms with Crippen molar-refractivity contribution >= 4 is 21.8 Å². The Labute approximate surface area is 206 Å². The number of carbonyl (C=O) groups excluding carboxylic acids is 1. The van der Waals surface area contributed by atoms with Gasteiger partial charge in [-0.2, -0.15) is 12.7 Å². The molecule has 0 saturated carbocycles. The van der Waals surface area contributed by atoms with E-state index in [1.165, 1.54) is 32.3 Å². The van der Waals surface area contributed by atoms with Crippen LogP contribution in [0.4, 0.5) is 10.1 Å². The third-order valence-electron chi connectivity index (χ3n) is 5.64. The molecule has 0 aliphatic rings. The normalized spacial score (nSPS) is 12.3. The zero-order chi connectivity index (χ0) is 25.6. The third-order valence-corrected chi connectivity index (χ3v) is 7.44. The van der Waals surface area contributed by atoms with E-state index in [1.54, 1.807) is 37.4 Å². The number of hydrogen-bond donors (Lipinski definition) is 1. The van der Waals surface area contributed by atoms with Crippen LogP contribution in [0.1, 0.15) is 40.9 Å². The second kappa shape index (κ2) is 11.3. The molecule has 7 nitrogen and oxygen atoms in total. The zero-order valence-electron chi connectivity index (χ0n) is 20.2. The number of hydrogen-bond acceptors (Lipinski definition) is 4. The predicted octanol–water partition coefficient (Wildman–Crippen LogP) is 4.53. The summed E-state index contributed by atoms with van der Waals surface area (Å²) in [6, 6.07) is 19.7. The van der Waals surface area contributed by atoms with Gasteiger partial charge < -0.3 is 10.1 Å². The van der Waals surface area contributed by atoms with E-state index >= 15 is 0 Å². The molecule has 0 saturated heterocycles. The molecule has 1 atom stereocenters. The van der Waals surface area contributed by atoms with Crippen molar-refractivity contribution in [3.63, 3.8) is 0 Å². The number of carbonyl (C=O) groups is 1. The Morgan fingerprint density at radius 1 is 1.00 bits per heavy atom. The van der Waals surface area contributed by atoms with Crippen molar-refractivity contribution < 1.29 is 22.3 Å². The fourth-order valence-corrected chi connectivity index (χ4v) is 4.67. The number of nitrogens with one attached hydrogen (secondary N) is 1. The van der Waals surface area contributed by atoms with Crippen LogP contribution in [0.3, 0.4) is 0 Å². The quantitative estimate of drug-likeness (QED) is 0.445. The minimum Gasteiger partial charge on any atom is -0.497 e. The van der Waals surface area contributed by atoms with Gasteiger partial charge in [0.2, 0.25) is 0 Å². The van der Waals surface area contributed by atoms with Crippen LogP contribution in [0.15, 0.2) is 72.8 Å². The first kappa shape index (κ1) is 26.2. The topological polar surface area (TPSA) is 79.0 Å². The summed E-state index contributed by atoms with van der Waals surface area (Å²) in [6.07, 6.45) is 0.705. The Bertz CT molecular complexity index is 1250. The zero-order valence-corrected chi connectivity index (χ0v) is 21.0. The Morgan fingerprint density at radius 3 is 2.17 bits per heavy atom. The Morgan fingerprint density at radius 2 is 1.63 bits per heavy atom. The smallest absolute Gasteiger partial charge is 0.303 e. The van der Waals surface area contributed by atoms with Gasteiger partial charge in [0.25, 0.3) is 5.91 Å². The van der Waals surface area contributed by atoms with E-state index in [2.05, 4.69) is 5.32 Å². The van der Waals surface area contributed by atoms with Gasteiger partial charge in [0, 0.05) is 19.7 Å². The lowest BCUT2D eigenvalue weighted by Crippen LogP contribution is -2.40. The molecule has 0 aliphatic carbocycles. The van der Waals surface area contributed by atoms with Crippen molar-refractivity contribution in [2.75, 3.05) is 25.5 Å². The minimum atomic E-state index is -3.96. The highest BCUT2D eigenvalue weighted by molar-refractivity contribution is 7.90. The fraction of sp³-hybridized carbons (Fsp3) is 0.269. The molecule has 35 heavy (non-hydrogen) atoms. The summed E-state index contributed by atoms with van der Waals surface area (Å²) in [7, 11) is 0.430. The first-order valence-corrected chi connectivity index (χ1v) is 12.6. The molecule has 0 heterocycles. The SMILES string of the molecule is CC[C@@H](NC(=O)c1ccc(CN(c2ccccc2F)S(=O)(=O)N(C)C)cc1)c1ccc(OC)cc1. The van der Waals surface area contributed by atoms with Gasteiger partial charge in [0.05, 0.1) is 25.4 Å². The van der Waals surface area contributed by atoms with Crippen LogP contribution < -0.4 is 14.4 Å². The Hall–Kier alpha value is -3.43. The largest absolute Gasteiger partial charge is 0.497 e. The molecule has 0 unspecified atom stereocenters. The number of anilines is 1. The molecule has 3 aromatic rings. The molecule has 1 amide bonds. The Balaban J connectivity index is 1.78. The van der Waals surface area contributed by atoms with Crippen LogP contribution in [0.25, 0.3) is 0 Å². The van der Waals surface area contributed by atoms with E-state index in [0.717, 1.165) is 19.9 Å². The summed E-state index contributed by atoms with van der Waals surface area (Å²) in [5.74, 6) is -0.143. The number of benzene rings is 3. The molecule has 0 aromatic heterocycles. The molecule has 186 valence electrons. The second-order valence-corrected chi connectivity index (χ2v) is 10.2. The second-order valence-electron chi connectivity index (χ2n) is 8.15. The van der Waals surface area contributed by atoms with Crippen LogP contribution in [-0.4, -0.2) is 39.8 Å². The van der Waals surface area contributed by atoms with Gasteiger partial charge in [0.1, 0.15) is 11.6 Å². The first-order valence-electron chi connectivity index (χ1n) is 11.2. The number of nitrogens with zero attached hydrogens (tertiary/aromatic N) is 2. The highest BCUT2D eigenvalue weighted by atomic mass is 32.2. The molecule has 9 heteroatoms. The fourth-order valence-electron chi connectivity index (χ4n) is 3.57. The number of halogens is 1. The number of ether oxygens (including phenoxy) is 1. The maximum atomic E-state index is 14.5. The average Bonchev–Trinajstić information content (AvgIpc) is 2.86. The Kier molecular flexibility index (Phi) is 8.48. The maximum Gasteiger partial charge on any atom is 0.303 e. The summed E-state index contributed by atoms with van der Waals surface area (Å²) in [6.45, 7) is 1.90. The monoisotopic (exact) mass is 499 g/mol. The maximum absolute atomic E-state index is 14.5. The minimum absolute atomic E-state index is 0.0479. The summed E-state index contributed by atoms with van der Waals surface area (Å²) in [4.78, 5) is 12.9. The number of para-hydroxylation sites is 1. The lowest BCUT2D eigenvalue weighted by molar-refractivity contribution is 0.0935. The third kappa shape index (κ3) is 6.17. The van der Waals surface area contributed by atoms with E-state index in [4.69, 9.17) is 4.74 Å². The van der Waals surface area contributed by atoms with Gasteiger partial charge in [-0.3, -0.25) is 9.10 Å². The lowest BCUT2D eigenvalue weighted by Gasteiger charge is -2.27. The summed E-state index contributed by atoms with van der Waals surface area (Å²) < 4.78 is 47.5. The highest BCUT2D eigenvalue weighted by Crippen LogP contribution is 2.26. The summed E-state index contributed by atoms with van der Waals surface area (Å²) in [5.41, 5.74) is 1.96. The average molecular weight is 500 g/mol. The van der Waals surface area contributed by atoms with Crippen LogP contribution >= 0.6 is 0 Å². The number of amides is 1. The van der Waals surface area contributed by atoms with E-state index in [-0.39, 0.29) is 24.2 Å². The summed E-state index contributed by atoms with van der Waals surface area (Å²) in [5, 5.41) is 3.03. The molecule has 0 bridgehead atoms. The molecule has 0 aliphatic heterocycles. The van der Waals surface area contributed by atoms with Crippen LogP contribution in [0, 0.1) is 5.82 Å². The van der Waals surface area contributed by atoms with Crippen molar-refractivity contribution in [2.24, 2.45) is 0 Å². The summed E-state index contributed by atoms with van der Waals surface area (Å²) >= 11 is 0. The standard InChI is InChI=1S/C26H30FN3O4S/c1-5-24(20-14-16-22(34-4)17-15-20)28-26(31)21-12-10-19(11-13-21)18-30(35(32,33)29(2)3)25-9-7-6-8-23(25)27/h6-17,24H,5,18H2,1-4H3,(H,28,31)/t24-/m1/s1. The van der Waals surface area contributed by atoms with Crippen molar-refractivity contribution in [3.8, 4) is 5.75 Å². The van der Waals surface area contributed by atoms with Crippen molar-refractivity contribution in [2.45, 2.75) is 25.9 Å². The van der Waals surface area contributed by atoms with Crippen LogP contribution in [0.5, 0.6) is 5.75 Å². The van der Waals surface area contributed by atoms with Gasteiger partial charge in [-0.05, 0) is 53.9 Å². The number of methoxy groups -OCH3 is 1. The molecule has 3 aromatic carbocycles. The van der Waals surface area contributed by atoms with E-state index in [9.17, 15) is 17.6 Å². The van der Waals surface area contributed by atoms with Crippen molar-refractivity contribution in [1.29, 1.82) is 0 Å². The van der Waals surface area contributed by atoms with Gasteiger partial charge in [-0.15, -0.1) is 0 Å². The van der Waals surface area contributed by atoms with Gasteiger partial charge in [0.15, 0.2) is 0 Å². The highest BCUT2D eigenvalue weighted by Gasteiger charge is 2.27. The van der Waals surface area contributed by atoms with Gasteiger partial charge >= 0.3 is 10.2 Å². The van der Waals surface area contributed by atoms with Gasteiger partial charge in [-0.1, -0.05) is 43.3 Å². The molecule has 0 spiro atoms. The van der Waals surface area contributed by atoms with Crippen LogP contribution in [0.2, 0.25) is 0 Å². The molecule has 1 N–H and O–H groups in total. The lowest BCUT2D eigenvalue weighted by atomic mass is 10.0. The molecule has 0 fully saturated rings. The van der Waals surface area contributed by atoms with Crippen molar-refractivity contribution in [3.05, 3.63) is 95.3 Å². The molecule has 0 radical (unpaired) electrons. The van der Waals surface area contributed by atoms with Crippen molar-refractivity contribution in [1.82, 2.24) is 9.62 Å². The van der Waals surface area contributed by atoms with Crippen LogP contribution in [-0.2, 0) is 16.8 Å². The first-order chi connectivity index (χ1) is 16.7.